The third-order valence-corrected chi connectivity index (χ3v) is 3.29. The van der Waals surface area contributed by atoms with Gasteiger partial charge in [0.1, 0.15) is 5.82 Å². The number of hydrogen-bond acceptors (Lipinski definition) is 2. The van der Waals surface area contributed by atoms with Gasteiger partial charge in [0.2, 0.25) is 0 Å². The molecule has 1 aromatic heterocycles. The highest BCUT2D eigenvalue weighted by molar-refractivity contribution is 6.16. The van der Waals surface area contributed by atoms with E-state index in [0.717, 1.165) is 30.0 Å². The van der Waals surface area contributed by atoms with Crippen LogP contribution in [0, 0.1) is 12.8 Å². The molecular weight excluding hydrogens is 248 g/mol. The Bertz CT molecular complexity index is 536. The Hall–Kier alpha value is -1.06. The van der Waals surface area contributed by atoms with Crippen molar-refractivity contribution in [3.8, 4) is 0 Å². The molecule has 3 nitrogen and oxygen atoms in total. The number of rotatable bonds is 5. The second kappa shape index (κ2) is 5.72. The second-order valence-corrected chi connectivity index (χ2v) is 5.09. The van der Waals surface area contributed by atoms with Crippen molar-refractivity contribution >= 4 is 22.6 Å². The zero-order chi connectivity index (χ0) is 13.1. The Morgan fingerprint density at radius 3 is 2.89 bits per heavy atom. The van der Waals surface area contributed by atoms with Crippen LogP contribution >= 0.6 is 11.6 Å². The van der Waals surface area contributed by atoms with Crippen molar-refractivity contribution in [3.63, 3.8) is 0 Å². The largest absolute Gasteiger partial charge is 0.384 e. The van der Waals surface area contributed by atoms with Crippen LogP contribution in [0.15, 0.2) is 18.2 Å². The average Bonchev–Trinajstić information content (AvgIpc) is 2.67. The fourth-order valence-corrected chi connectivity index (χ4v) is 2.44. The molecule has 1 heterocycles. The standard InChI is InChI=1S/C14H19ClN2O/c1-10-4-5-12-13(6-10)17(14(7-15)16-12)8-11(2)9-18-3/h4-6,11H,7-9H2,1-3H3. The molecule has 1 aromatic carbocycles. The fraction of sp³-hybridized carbons (Fsp3) is 0.500. The van der Waals surface area contributed by atoms with Gasteiger partial charge >= 0.3 is 0 Å². The van der Waals surface area contributed by atoms with E-state index in [-0.39, 0.29) is 0 Å². The number of nitrogens with zero attached hydrogens (tertiary/aromatic N) is 2. The summed E-state index contributed by atoms with van der Waals surface area (Å²) in [6.07, 6.45) is 0. The summed E-state index contributed by atoms with van der Waals surface area (Å²) in [5.74, 6) is 1.81. The topological polar surface area (TPSA) is 27.1 Å². The molecular formula is C14H19ClN2O. The van der Waals surface area contributed by atoms with Crippen molar-refractivity contribution in [3.05, 3.63) is 29.6 Å². The maximum atomic E-state index is 5.99. The molecule has 0 spiro atoms. The summed E-state index contributed by atoms with van der Waals surface area (Å²) >= 11 is 5.99. The Labute approximate surface area is 113 Å². The van der Waals surface area contributed by atoms with Crippen LogP contribution in [0.5, 0.6) is 0 Å². The van der Waals surface area contributed by atoms with Gasteiger partial charge in [-0.15, -0.1) is 11.6 Å². The monoisotopic (exact) mass is 266 g/mol. The molecule has 0 aliphatic heterocycles. The van der Waals surface area contributed by atoms with Crippen molar-refractivity contribution in [2.45, 2.75) is 26.3 Å². The molecule has 0 aliphatic rings. The molecule has 0 radical (unpaired) electrons. The van der Waals surface area contributed by atoms with Crippen molar-refractivity contribution in [1.29, 1.82) is 0 Å². The SMILES string of the molecule is COCC(C)Cn1c(CCl)nc2ccc(C)cc21. The van der Waals surface area contributed by atoms with Gasteiger partial charge in [-0.25, -0.2) is 4.98 Å². The highest BCUT2D eigenvalue weighted by atomic mass is 35.5. The molecule has 1 atom stereocenters. The average molecular weight is 267 g/mol. The maximum Gasteiger partial charge on any atom is 0.124 e. The third kappa shape index (κ3) is 2.68. The van der Waals surface area contributed by atoms with Crippen LogP contribution in [0.2, 0.25) is 0 Å². The van der Waals surface area contributed by atoms with E-state index in [9.17, 15) is 0 Å². The van der Waals surface area contributed by atoms with E-state index in [1.807, 2.05) is 0 Å². The van der Waals surface area contributed by atoms with Gasteiger partial charge in [0.05, 0.1) is 23.5 Å². The summed E-state index contributed by atoms with van der Waals surface area (Å²) in [7, 11) is 1.73. The summed E-state index contributed by atoms with van der Waals surface area (Å²) < 4.78 is 7.40. The van der Waals surface area contributed by atoms with Gasteiger partial charge in [-0.05, 0) is 30.5 Å². The molecule has 0 saturated carbocycles. The summed E-state index contributed by atoms with van der Waals surface area (Å²) in [4.78, 5) is 4.58. The Morgan fingerprint density at radius 1 is 1.44 bits per heavy atom. The Kier molecular flexibility index (Phi) is 4.25. The number of ether oxygens (including phenoxy) is 1. The molecule has 4 heteroatoms. The molecule has 2 rings (SSSR count). The van der Waals surface area contributed by atoms with Gasteiger partial charge in [0, 0.05) is 13.7 Å². The molecule has 98 valence electrons. The van der Waals surface area contributed by atoms with Crippen LogP contribution in [0.1, 0.15) is 18.3 Å². The lowest BCUT2D eigenvalue weighted by molar-refractivity contribution is 0.151. The highest BCUT2D eigenvalue weighted by Gasteiger charge is 2.12. The van der Waals surface area contributed by atoms with Crippen LogP contribution < -0.4 is 0 Å². The third-order valence-electron chi connectivity index (χ3n) is 3.05. The Balaban J connectivity index is 2.42. The minimum atomic E-state index is 0.438. The zero-order valence-corrected chi connectivity index (χ0v) is 11.9. The number of alkyl halides is 1. The number of methoxy groups -OCH3 is 1. The smallest absolute Gasteiger partial charge is 0.124 e. The van der Waals surface area contributed by atoms with Gasteiger partial charge < -0.3 is 9.30 Å². The summed E-state index contributed by atoms with van der Waals surface area (Å²) in [5, 5.41) is 0. The van der Waals surface area contributed by atoms with E-state index in [1.165, 1.54) is 5.56 Å². The lowest BCUT2D eigenvalue weighted by Crippen LogP contribution is -2.14. The summed E-state index contributed by atoms with van der Waals surface area (Å²) in [6.45, 7) is 5.89. The number of aromatic nitrogens is 2. The van der Waals surface area contributed by atoms with Gasteiger partial charge in [0.15, 0.2) is 0 Å². The number of benzene rings is 1. The molecule has 0 amide bonds. The van der Waals surface area contributed by atoms with E-state index >= 15 is 0 Å². The molecule has 0 fully saturated rings. The first-order valence-electron chi connectivity index (χ1n) is 6.16. The first-order valence-corrected chi connectivity index (χ1v) is 6.69. The lowest BCUT2D eigenvalue weighted by Gasteiger charge is -2.14. The van der Waals surface area contributed by atoms with Crippen molar-refractivity contribution < 1.29 is 4.74 Å². The second-order valence-electron chi connectivity index (χ2n) is 4.82. The van der Waals surface area contributed by atoms with E-state index in [1.54, 1.807) is 7.11 Å². The number of hydrogen-bond donors (Lipinski definition) is 0. The van der Waals surface area contributed by atoms with Crippen molar-refractivity contribution in [2.75, 3.05) is 13.7 Å². The van der Waals surface area contributed by atoms with Gasteiger partial charge in [-0.3, -0.25) is 0 Å². The van der Waals surface area contributed by atoms with Crippen LogP contribution in [0.4, 0.5) is 0 Å². The maximum absolute atomic E-state index is 5.99. The minimum absolute atomic E-state index is 0.438. The molecule has 0 N–H and O–H groups in total. The number of fused-ring (bicyclic) bond motifs is 1. The van der Waals surface area contributed by atoms with Crippen LogP contribution in [0.25, 0.3) is 11.0 Å². The predicted molar refractivity (Wildman–Crippen MR) is 75.1 cm³/mol. The quantitative estimate of drug-likeness (QED) is 0.776. The lowest BCUT2D eigenvalue weighted by atomic mass is 10.2. The fourth-order valence-electron chi connectivity index (χ4n) is 2.24. The number of halogens is 1. The Morgan fingerprint density at radius 2 is 2.22 bits per heavy atom. The first-order chi connectivity index (χ1) is 8.65. The minimum Gasteiger partial charge on any atom is -0.384 e. The van der Waals surface area contributed by atoms with E-state index in [2.05, 4.69) is 41.6 Å². The normalized spacial score (nSPS) is 13.1. The van der Waals surface area contributed by atoms with Gasteiger partial charge in [-0.2, -0.15) is 0 Å². The molecule has 18 heavy (non-hydrogen) atoms. The van der Waals surface area contributed by atoms with Crippen LogP contribution in [0.3, 0.4) is 0 Å². The van der Waals surface area contributed by atoms with E-state index < -0.39 is 0 Å². The van der Waals surface area contributed by atoms with Crippen molar-refractivity contribution in [2.24, 2.45) is 5.92 Å². The highest BCUT2D eigenvalue weighted by Crippen LogP contribution is 2.20. The molecule has 2 aromatic rings. The summed E-state index contributed by atoms with van der Waals surface area (Å²) in [6, 6.07) is 6.30. The molecule has 0 saturated heterocycles. The summed E-state index contributed by atoms with van der Waals surface area (Å²) in [5.41, 5.74) is 3.42. The number of imidazole rings is 1. The molecule has 1 unspecified atom stereocenters. The van der Waals surface area contributed by atoms with E-state index in [0.29, 0.717) is 11.8 Å². The van der Waals surface area contributed by atoms with Crippen LogP contribution in [-0.4, -0.2) is 23.3 Å². The molecule has 0 bridgehead atoms. The van der Waals surface area contributed by atoms with Gasteiger partial charge in [0.25, 0.3) is 0 Å². The zero-order valence-electron chi connectivity index (χ0n) is 11.1. The molecule has 0 aliphatic carbocycles. The van der Waals surface area contributed by atoms with Crippen molar-refractivity contribution in [1.82, 2.24) is 9.55 Å². The number of aryl methyl sites for hydroxylation is 1. The predicted octanol–water partition coefficient (Wildman–Crippen LogP) is 3.37. The van der Waals surface area contributed by atoms with Crippen LogP contribution in [-0.2, 0) is 17.2 Å². The van der Waals surface area contributed by atoms with Gasteiger partial charge in [-0.1, -0.05) is 13.0 Å². The van der Waals surface area contributed by atoms with E-state index in [4.69, 9.17) is 16.3 Å². The first kappa shape index (κ1) is 13.4.